The highest BCUT2D eigenvalue weighted by molar-refractivity contribution is 4.70. The average molecular weight is 196 g/mol. The Balaban J connectivity index is 2.16. The zero-order chi connectivity index (χ0) is 9.90. The van der Waals surface area contributed by atoms with Crippen LogP contribution in [-0.4, -0.2) is 18.9 Å². The Morgan fingerprint density at radius 2 is 1.69 bits per heavy atom. The van der Waals surface area contributed by atoms with E-state index in [9.17, 15) is 13.2 Å². The van der Waals surface area contributed by atoms with Crippen molar-refractivity contribution in [3.05, 3.63) is 0 Å². The van der Waals surface area contributed by atoms with Crippen LogP contribution in [0.4, 0.5) is 13.2 Å². The van der Waals surface area contributed by atoms with E-state index in [4.69, 9.17) is 4.74 Å². The summed E-state index contributed by atoms with van der Waals surface area (Å²) >= 11 is 0. The standard InChI is InChI=1S/C9H15F3O/c1-7-2-4-8(5-3-7)13-6-9(10,11)12/h7-8H,2-6H2,1H3. The maximum Gasteiger partial charge on any atom is 0.411 e. The number of ether oxygens (including phenoxy) is 1. The molecule has 1 rings (SSSR count). The molecule has 0 spiro atoms. The zero-order valence-electron chi connectivity index (χ0n) is 7.73. The Bertz CT molecular complexity index is 147. The molecule has 0 aliphatic heterocycles. The van der Waals surface area contributed by atoms with Crippen LogP contribution in [0, 0.1) is 5.92 Å². The Morgan fingerprint density at radius 3 is 2.15 bits per heavy atom. The van der Waals surface area contributed by atoms with Crippen LogP contribution in [0.2, 0.25) is 0 Å². The fourth-order valence-electron chi connectivity index (χ4n) is 1.61. The van der Waals surface area contributed by atoms with E-state index in [1.54, 1.807) is 0 Å². The molecule has 0 amide bonds. The van der Waals surface area contributed by atoms with Crippen molar-refractivity contribution in [2.45, 2.75) is 44.9 Å². The average Bonchev–Trinajstić information content (AvgIpc) is 2.02. The normalized spacial score (nSPS) is 30.5. The minimum atomic E-state index is -4.18. The van der Waals surface area contributed by atoms with Gasteiger partial charge in [-0.15, -0.1) is 0 Å². The molecule has 0 saturated heterocycles. The van der Waals surface area contributed by atoms with Crippen molar-refractivity contribution in [1.82, 2.24) is 0 Å². The maximum absolute atomic E-state index is 11.8. The van der Waals surface area contributed by atoms with Crippen molar-refractivity contribution in [1.29, 1.82) is 0 Å². The van der Waals surface area contributed by atoms with Gasteiger partial charge in [0.2, 0.25) is 0 Å². The molecule has 1 fully saturated rings. The second-order valence-electron chi connectivity index (χ2n) is 3.81. The van der Waals surface area contributed by atoms with Crippen molar-refractivity contribution >= 4 is 0 Å². The lowest BCUT2D eigenvalue weighted by molar-refractivity contribution is -0.188. The smallest absolute Gasteiger partial charge is 0.369 e. The first-order valence-corrected chi connectivity index (χ1v) is 4.66. The summed E-state index contributed by atoms with van der Waals surface area (Å²) in [6.45, 7) is 1.03. The van der Waals surface area contributed by atoms with E-state index in [-0.39, 0.29) is 6.10 Å². The third-order valence-electron chi connectivity index (χ3n) is 2.45. The largest absolute Gasteiger partial charge is 0.411 e. The molecule has 4 heteroatoms. The lowest BCUT2D eigenvalue weighted by Crippen LogP contribution is -2.26. The topological polar surface area (TPSA) is 9.23 Å². The summed E-state index contributed by atoms with van der Waals surface area (Å²) in [7, 11) is 0. The van der Waals surface area contributed by atoms with Gasteiger partial charge in [-0.25, -0.2) is 0 Å². The van der Waals surface area contributed by atoms with Crippen LogP contribution in [-0.2, 0) is 4.74 Å². The van der Waals surface area contributed by atoms with E-state index >= 15 is 0 Å². The first-order chi connectivity index (χ1) is 5.97. The van der Waals surface area contributed by atoms with Crippen molar-refractivity contribution in [2.75, 3.05) is 6.61 Å². The van der Waals surface area contributed by atoms with Crippen LogP contribution in [0.5, 0.6) is 0 Å². The van der Waals surface area contributed by atoms with E-state index in [2.05, 4.69) is 6.92 Å². The van der Waals surface area contributed by atoms with Crippen LogP contribution in [0.25, 0.3) is 0 Å². The summed E-state index contributed by atoms with van der Waals surface area (Å²) in [6.07, 6.45) is -0.819. The number of alkyl halides is 3. The highest BCUT2D eigenvalue weighted by Gasteiger charge is 2.30. The summed E-state index contributed by atoms with van der Waals surface area (Å²) in [5, 5.41) is 0. The van der Waals surface area contributed by atoms with Gasteiger partial charge in [0.1, 0.15) is 6.61 Å². The first-order valence-electron chi connectivity index (χ1n) is 4.66. The summed E-state index contributed by atoms with van der Waals surface area (Å²) in [4.78, 5) is 0. The molecule has 1 aliphatic rings. The molecule has 13 heavy (non-hydrogen) atoms. The van der Waals surface area contributed by atoms with E-state index in [1.165, 1.54) is 0 Å². The molecule has 1 nitrogen and oxygen atoms in total. The van der Waals surface area contributed by atoms with Crippen LogP contribution in [0.15, 0.2) is 0 Å². The third-order valence-corrected chi connectivity index (χ3v) is 2.45. The van der Waals surface area contributed by atoms with Crippen LogP contribution < -0.4 is 0 Å². The molecular weight excluding hydrogens is 181 g/mol. The van der Waals surface area contributed by atoms with Gasteiger partial charge in [-0.2, -0.15) is 13.2 Å². The molecule has 0 bridgehead atoms. The quantitative estimate of drug-likeness (QED) is 0.659. The Hall–Kier alpha value is -0.250. The third kappa shape index (κ3) is 4.50. The lowest BCUT2D eigenvalue weighted by atomic mass is 9.89. The summed E-state index contributed by atoms with van der Waals surface area (Å²) in [5.41, 5.74) is 0. The second kappa shape index (κ2) is 4.31. The number of halogens is 3. The number of hydrogen-bond acceptors (Lipinski definition) is 1. The molecule has 1 saturated carbocycles. The second-order valence-corrected chi connectivity index (χ2v) is 3.81. The lowest BCUT2D eigenvalue weighted by Gasteiger charge is -2.26. The maximum atomic E-state index is 11.8. The van der Waals surface area contributed by atoms with Crippen molar-refractivity contribution < 1.29 is 17.9 Å². The van der Waals surface area contributed by atoms with E-state index in [1.807, 2.05) is 0 Å². The predicted molar refractivity (Wildman–Crippen MR) is 43.4 cm³/mol. The first kappa shape index (κ1) is 10.8. The highest BCUT2D eigenvalue weighted by Crippen LogP contribution is 2.27. The van der Waals surface area contributed by atoms with Gasteiger partial charge in [-0.1, -0.05) is 6.92 Å². The fourth-order valence-corrected chi connectivity index (χ4v) is 1.61. The monoisotopic (exact) mass is 196 g/mol. The molecule has 0 aromatic rings. The Morgan fingerprint density at radius 1 is 1.15 bits per heavy atom. The van der Waals surface area contributed by atoms with Gasteiger partial charge in [-0.05, 0) is 31.6 Å². The Kier molecular flexibility index (Phi) is 3.59. The summed E-state index contributed by atoms with van der Waals surface area (Å²) < 4.78 is 40.1. The predicted octanol–water partition coefficient (Wildman–Crippen LogP) is 3.14. The molecule has 0 heterocycles. The van der Waals surface area contributed by atoms with Gasteiger partial charge in [0.05, 0.1) is 6.10 Å². The van der Waals surface area contributed by atoms with Crippen LogP contribution in [0.3, 0.4) is 0 Å². The molecule has 0 radical (unpaired) electrons. The molecule has 0 atom stereocenters. The summed E-state index contributed by atoms with van der Waals surface area (Å²) in [6, 6.07) is 0. The van der Waals surface area contributed by atoms with E-state index < -0.39 is 12.8 Å². The van der Waals surface area contributed by atoms with E-state index in [0.717, 1.165) is 25.7 Å². The van der Waals surface area contributed by atoms with Gasteiger partial charge >= 0.3 is 6.18 Å². The molecule has 0 N–H and O–H groups in total. The highest BCUT2D eigenvalue weighted by atomic mass is 19.4. The minimum Gasteiger partial charge on any atom is -0.369 e. The van der Waals surface area contributed by atoms with Gasteiger partial charge in [0.25, 0.3) is 0 Å². The van der Waals surface area contributed by atoms with Crippen LogP contribution >= 0.6 is 0 Å². The van der Waals surface area contributed by atoms with E-state index in [0.29, 0.717) is 5.92 Å². The molecule has 0 unspecified atom stereocenters. The molecule has 0 aromatic carbocycles. The van der Waals surface area contributed by atoms with Crippen molar-refractivity contribution in [3.63, 3.8) is 0 Å². The SMILES string of the molecule is CC1CCC(OCC(F)(F)F)CC1. The van der Waals surface area contributed by atoms with Gasteiger partial charge in [0, 0.05) is 0 Å². The van der Waals surface area contributed by atoms with Gasteiger partial charge < -0.3 is 4.74 Å². The summed E-state index contributed by atoms with van der Waals surface area (Å²) in [5.74, 6) is 0.644. The van der Waals surface area contributed by atoms with Gasteiger partial charge in [-0.3, -0.25) is 0 Å². The minimum absolute atomic E-state index is 0.169. The number of rotatable bonds is 2. The van der Waals surface area contributed by atoms with Crippen molar-refractivity contribution in [2.24, 2.45) is 5.92 Å². The molecule has 78 valence electrons. The molecule has 1 aliphatic carbocycles. The van der Waals surface area contributed by atoms with Crippen LogP contribution in [0.1, 0.15) is 32.6 Å². The molecular formula is C9H15F3O. The Labute approximate surface area is 76.3 Å². The van der Waals surface area contributed by atoms with Gasteiger partial charge in [0.15, 0.2) is 0 Å². The number of hydrogen-bond donors (Lipinski definition) is 0. The zero-order valence-corrected chi connectivity index (χ0v) is 7.73. The fraction of sp³-hybridized carbons (Fsp3) is 1.00. The molecule has 0 aromatic heterocycles. The van der Waals surface area contributed by atoms with Crippen molar-refractivity contribution in [3.8, 4) is 0 Å².